The normalized spacial score (nSPS) is 33.9. The van der Waals surface area contributed by atoms with Gasteiger partial charge in [-0.25, -0.2) is 4.79 Å². The van der Waals surface area contributed by atoms with Gasteiger partial charge in [0, 0.05) is 62.4 Å². The van der Waals surface area contributed by atoms with Crippen LogP contribution >= 0.6 is 11.8 Å². The van der Waals surface area contributed by atoms with E-state index >= 15 is 0 Å². The molecule has 3 amide bonds. The number of nitrogens with one attached hydrogen (secondary N) is 4. The van der Waals surface area contributed by atoms with Crippen molar-refractivity contribution in [2.45, 2.75) is 49.7 Å². The molecule has 0 aromatic carbocycles. The van der Waals surface area contributed by atoms with E-state index in [9.17, 15) is 24.3 Å². The first kappa shape index (κ1) is 25.0. The molecule has 0 unspecified atom stereocenters. The maximum Gasteiger partial charge on any atom is 0.353 e. The number of thioether (sulfide) groups is 1. The van der Waals surface area contributed by atoms with E-state index in [1.165, 1.54) is 16.7 Å². The Morgan fingerprint density at radius 1 is 1.18 bits per heavy atom. The Bertz CT molecular complexity index is 904. The van der Waals surface area contributed by atoms with Crippen LogP contribution in [0.15, 0.2) is 10.6 Å². The summed E-state index contributed by atoms with van der Waals surface area (Å²) in [4.78, 5) is 53.8. The number of fused-ring (bicyclic) bond motifs is 1. The van der Waals surface area contributed by atoms with Crippen molar-refractivity contribution in [2.75, 3.05) is 40.3 Å². The van der Waals surface area contributed by atoms with E-state index in [2.05, 4.69) is 21.3 Å². The number of carboxylic acids is 1. The quantitative estimate of drug-likeness (QED) is 0.264. The lowest BCUT2D eigenvalue weighted by atomic mass is 9.78. The number of carbonyl (C=O) groups is 4. The van der Waals surface area contributed by atoms with Crippen molar-refractivity contribution in [2.24, 2.45) is 11.8 Å². The summed E-state index contributed by atoms with van der Waals surface area (Å²) in [5.74, 6) is -2.20. The topological polar surface area (TPSA) is 143 Å². The summed E-state index contributed by atoms with van der Waals surface area (Å²) in [5.41, 5.74) is 0.0443. The lowest BCUT2D eigenvalue weighted by molar-refractivity contribution is -0.158. The molecule has 0 aromatic rings. The second kappa shape index (κ2) is 9.84. The van der Waals surface area contributed by atoms with Crippen molar-refractivity contribution >= 4 is 35.5 Å². The fraction of sp³-hybridized carbons (Fsp3) is 0.727. The molecular weight excluding hydrogens is 460 g/mol. The van der Waals surface area contributed by atoms with E-state index in [1.54, 1.807) is 19.0 Å². The van der Waals surface area contributed by atoms with Crippen LogP contribution in [0.4, 0.5) is 0 Å². The molecular formula is C22H34N6O5S. The van der Waals surface area contributed by atoms with Crippen molar-refractivity contribution in [3.63, 3.8) is 0 Å². The number of amides is 3. The molecule has 3 fully saturated rings. The first-order valence-electron chi connectivity index (χ1n) is 11.8. The van der Waals surface area contributed by atoms with Crippen LogP contribution < -0.4 is 21.3 Å². The third kappa shape index (κ3) is 4.43. The highest BCUT2D eigenvalue weighted by Crippen LogP contribution is 2.51. The molecule has 5 N–H and O–H groups in total. The van der Waals surface area contributed by atoms with Crippen LogP contribution in [-0.2, 0) is 19.2 Å². The van der Waals surface area contributed by atoms with Crippen LogP contribution in [0.25, 0.3) is 0 Å². The number of β-lactam (4-membered cyclic amide) rings is 1. The summed E-state index contributed by atoms with van der Waals surface area (Å²) in [5, 5.41) is 22.5. The van der Waals surface area contributed by atoms with Crippen LogP contribution in [0.3, 0.4) is 0 Å². The molecule has 0 spiro atoms. The molecule has 4 heterocycles. The predicted octanol–water partition coefficient (Wildman–Crippen LogP) is -1.62. The number of nitrogens with zero attached hydrogens (tertiary/aromatic N) is 2. The molecule has 3 saturated heterocycles. The lowest BCUT2D eigenvalue weighted by Crippen LogP contribution is -2.67. The van der Waals surface area contributed by atoms with Crippen LogP contribution in [0.2, 0.25) is 0 Å². The van der Waals surface area contributed by atoms with E-state index in [4.69, 9.17) is 0 Å². The van der Waals surface area contributed by atoms with Gasteiger partial charge in [-0.3, -0.25) is 14.4 Å². The number of piperazine rings is 1. The zero-order valence-electron chi connectivity index (χ0n) is 20.0. The number of aliphatic carboxylic acids is 1. The second-order valence-electron chi connectivity index (χ2n) is 9.71. The highest BCUT2D eigenvalue weighted by Gasteiger charge is 2.60. The van der Waals surface area contributed by atoms with Gasteiger partial charge < -0.3 is 36.2 Å². The van der Waals surface area contributed by atoms with Gasteiger partial charge in [-0.1, -0.05) is 6.92 Å². The average Bonchev–Trinajstić information content (AvgIpc) is 3.35. The predicted molar refractivity (Wildman–Crippen MR) is 127 cm³/mol. The molecule has 11 nitrogen and oxygen atoms in total. The Morgan fingerprint density at radius 3 is 2.53 bits per heavy atom. The first-order valence-corrected chi connectivity index (χ1v) is 12.7. The summed E-state index contributed by atoms with van der Waals surface area (Å²) in [6, 6.07) is -1.36. The summed E-state index contributed by atoms with van der Waals surface area (Å²) in [7, 11) is 3.43. The van der Waals surface area contributed by atoms with Gasteiger partial charge in [0.2, 0.25) is 17.7 Å². The minimum atomic E-state index is -1.12. The molecule has 0 radical (unpaired) electrons. The number of hydrogen-bond acceptors (Lipinski definition) is 8. The smallest absolute Gasteiger partial charge is 0.353 e. The summed E-state index contributed by atoms with van der Waals surface area (Å²) in [6.45, 7) is 6.38. The number of carbonyl (C=O) groups excluding carboxylic acids is 3. The Hall–Kier alpha value is -2.15. The van der Waals surface area contributed by atoms with Gasteiger partial charge in [0.15, 0.2) is 0 Å². The van der Waals surface area contributed by atoms with Gasteiger partial charge in [-0.15, -0.1) is 11.8 Å². The molecule has 0 saturated carbocycles. The highest BCUT2D eigenvalue weighted by molar-refractivity contribution is 8.03. The Labute approximate surface area is 203 Å². The molecule has 4 aliphatic rings. The first-order chi connectivity index (χ1) is 16.1. The zero-order chi connectivity index (χ0) is 24.7. The lowest BCUT2D eigenvalue weighted by Gasteiger charge is -2.47. The minimum Gasteiger partial charge on any atom is -0.477 e. The van der Waals surface area contributed by atoms with Crippen molar-refractivity contribution in [1.82, 2.24) is 31.1 Å². The highest BCUT2D eigenvalue weighted by atomic mass is 32.2. The summed E-state index contributed by atoms with van der Waals surface area (Å²) < 4.78 is 0. The molecule has 188 valence electrons. The number of likely N-dealkylation sites (N-methyl/N-ethyl adjacent to an activating group) is 1. The van der Waals surface area contributed by atoms with Crippen LogP contribution in [0.5, 0.6) is 0 Å². The van der Waals surface area contributed by atoms with E-state index in [0.717, 1.165) is 6.54 Å². The maximum absolute atomic E-state index is 13.1. The van der Waals surface area contributed by atoms with Crippen molar-refractivity contribution in [3.8, 4) is 0 Å². The van der Waals surface area contributed by atoms with E-state index in [-0.39, 0.29) is 52.7 Å². The van der Waals surface area contributed by atoms with Gasteiger partial charge in [-0.05, 0) is 13.3 Å². The fourth-order valence-corrected chi connectivity index (χ4v) is 6.90. The third-order valence-electron chi connectivity index (χ3n) is 7.18. The van der Waals surface area contributed by atoms with Crippen molar-refractivity contribution in [1.29, 1.82) is 0 Å². The average molecular weight is 495 g/mol. The van der Waals surface area contributed by atoms with Gasteiger partial charge in [-0.2, -0.15) is 0 Å². The third-order valence-corrected chi connectivity index (χ3v) is 8.69. The zero-order valence-corrected chi connectivity index (χ0v) is 20.8. The number of carboxylic acid groups (broad SMARTS) is 1. The largest absolute Gasteiger partial charge is 0.477 e. The molecule has 7 atom stereocenters. The standard InChI is InChI=1S/C22H34N6O5S/c1-10-16-15(11(2)26-19(29)14-9-23-5-6-24-14)21(31)28(16)17(22(32)33)18(10)34-12-7-13(25-8-12)20(30)27(3)4/h10-16,23-25H,5-9H2,1-4H3,(H,26,29)(H,32,33)/t10-,11-,12+,13+,14-,15-,16-/m1/s1. The van der Waals surface area contributed by atoms with Gasteiger partial charge >= 0.3 is 5.97 Å². The Kier molecular flexibility index (Phi) is 7.22. The fourth-order valence-electron chi connectivity index (χ4n) is 5.42. The van der Waals surface area contributed by atoms with Gasteiger partial charge in [0.05, 0.1) is 24.0 Å². The SMILES string of the molecule is C[C@@H](NC(=O)[C@H]1CNCCN1)[C@H]1C(=O)N2C(C(=O)O)=C(S[C@@H]3CN[C@H](C(=O)N(C)C)C3)[C@H](C)[C@H]12. The van der Waals surface area contributed by atoms with Crippen LogP contribution in [0, 0.1) is 11.8 Å². The van der Waals surface area contributed by atoms with Crippen molar-refractivity contribution < 1.29 is 24.3 Å². The maximum atomic E-state index is 13.1. The Morgan fingerprint density at radius 2 is 1.91 bits per heavy atom. The molecule has 34 heavy (non-hydrogen) atoms. The molecule has 0 bridgehead atoms. The second-order valence-corrected chi connectivity index (χ2v) is 11.1. The molecule has 4 rings (SSSR count). The van der Waals surface area contributed by atoms with Crippen LogP contribution in [0.1, 0.15) is 20.3 Å². The summed E-state index contributed by atoms with van der Waals surface area (Å²) in [6.07, 6.45) is 0.599. The molecule has 0 aromatic heterocycles. The minimum absolute atomic E-state index is 0.00120. The number of rotatable bonds is 7. The van der Waals surface area contributed by atoms with Crippen molar-refractivity contribution in [3.05, 3.63) is 10.6 Å². The monoisotopic (exact) mass is 494 g/mol. The van der Waals surface area contributed by atoms with E-state index in [1.807, 2.05) is 13.8 Å². The molecule has 4 aliphatic heterocycles. The van der Waals surface area contributed by atoms with E-state index < -0.39 is 17.9 Å². The Balaban J connectivity index is 1.44. The van der Waals surface area contributed by atoms with E-state index in [0.29, 0.717) is 31.0 Å². The van der Waals surface area contributed by atoms with Gasteiger partial charge in [0.1, 0.15) is 5.70 Å². The number of hydrogen-bond donors (Lipinski definition) is 5. The van der Waals surface area contributed by atoms with Crippen LogP contribution in [-0.4, -0.2) is 108 Å². The molecule has 12 heteroatoms. The molecule has 0 aliphatic carbocycles. The van der Waals surface area contributed by atoms with Gasteiger partial charge in [0.25, 0.3) is 0 Å². The summed E-state index contributed by atoms with van der Waals surface area (Å²) >= 11 is 1.46.